The minimum atomic E-state index is -1.41. The Hall–Kier alpha value is 0.350. The maximum Gasteiger partial charge on any atom is 0.181 e. The second-order valence-corrected chi connectivity index (χ2v) is 11.9. The summed E-state index contributed by atoms with van der Waals surface area (Å²) in [6.07, 6.45) is 24.6. The van der Waals surface area contributed by atoms with Crippen LogP contribution in [0.15, 0.2) is 0 Å². The molecule has 170 valence electrons. The number of hydrogen-bond donors (Lipinski definition) is 2. The van der Waals surface area contributed by atoms with Gasteiger partial charge < -0.3 is 10.2 Å². The first-order valence-corrected chi connectivity index (χ1v) is 14.3. The van der Waals surface area contributed by atoms with Gasteiger partial charge in [0.25, 0.3) is 0 Å². The molecule has 0 aliphatic carbocycles. The van der Waals surface area contributed by atoms with Gasteiger partial charge in [-0.25, -0.2) is 0 Å². The van der Waals surface area contributed by atoms with Crippen LogP contribution >= 0.6 is 7.92 Å². The molecule has 0 heterocycles. The van der Waals surface area contributed by atoms with Crippen LogP contribution in [0.25, 0.3) is 0 Å². The lowest BCUT2D eigenvalue weighted by Crippen LogP contribution is -2.27. The van der Waals surface area contributed by atoms with E-state index in [2.05, 4.69) is 20.8 Å². The normalized spacial score (nSPS) is 13.4. The Labute approximate surface area is 179 Å². The summed E-state index contributed by atoms with van der Waals surface area (Å²) in [7, 11) is -0.675. The molecule has 0 rings (SSSR count). The Kier molecular flexibility index (Phi) is 19.6. The summed E-state index contributed by atoms with van der Waals surface area (Å²) < 4.78 is 0. The van der Waals surface area contributed by atoms with Crippen molar-refractivity contribution in [1.82, 2.24) is 0 Å². The third kappa shape index (κ3) is 17.2. The lowest BCUT2D eigenvalue weighted by Gasteiger charge is -2.32. The average molecular weight is 417 g/mol. The molecule has 1 atom stereocenters. The van der Waals surface area contributed by atoms with E-state index in [0.717, 1.165) is 12.3 Å². The van der Waals surface area contributed by atoms with E-state index >= 15 is 0 Å². The van der Waals surface area contributed by atoms with Crippen LogP contribution in [0.5, 0.6) is 0 Å². The van der Waals surface area contributed by atoms with Gasteiger partial charge in [-0.1, -0.05) is 124 Å². The predicted molar refractivity (Wildman–Crippen MR) is 128 cm³/mol. The topological polar surface area (TPSA) is 40.5 Å². The van der Waals surface area contributed by atoms with E-state index in [-0.39, 0.29) is 0 Å². The van der Waals surface area contributed by atoms with Crippen LogP contribution in [0.2, 0.25) is 0 Å². The SMILES string of the molecule is CCCCCCCCCCCCCCCCCCP(CC(C)C)C(O)(O)CC. The predicted octanol–water partition coefficient (Wildman–Crippen LogP) is 8.43. The first-order valence-electron chi connectivity index (χ1n) is 12.6. The molecule has 3 heteroatoms. The standard InChI is InChI=1S/C25H53O2P/c1-5-7-8-9-10-11-12-13-14-15-16-17-18-19-20-21-22-28(23-24(3)4)25(26,27)6-2/h24,26-27H,5-23H2,1-4H3. The van der Waals surface area contributed by atoms with E-state index in [1.54, 1.807) is 0 Å². The first kappa shape index (κ1) is 28.4. The summed E-state index contributed by atoms with van der Waals surface area (Å²) in [5.74, 6) is 0.553. The molecular weight excluding hydrogens is 363 g/mol. The van der Waals surface area contributed by atoms with Gasteiger partial charge in [-0.15, -0.1) is 0 Å². The monoisotopic (exact) mass is 416 g/mol. The molecule has 2 N–H and O–H groups in total. The van der Waals surface area contributed by atoms with Crippen LogP contribution in [-0.2, 0) is 0 Å². The molecule has 28 heavy (non-hydrogen) atoms. The molecule has 0 amide bonds. The van der Waals surface area contributed by atoms with Crippen molar-refractivity contribution in [1.29, 1.82) is 0 Å². The summed E-state index contributed by atoms with van der Waals surface area (Å²) >= 11 is 0. The Morgan fingerprint density at radius 3 is 1.29 bits per heavy atom. The van der Waals surface area contributed by atoms with Crippen molar-refractivity contribution in [2.45, 2.75) is 142 Å². The van der Waals surface area contributed by atoms with Crippen molar-refractivity contribution in [3.63, 3.8) is 0 Å². The van der Waals surface area contributed by atoms with Crippen molar-refractivity contribution in [2.24, 2.45) is 5.92 Å². The van der Waals surface area contributed by atoms with Crippen LogP contribution in [0.4, 0.5) is 0 Å². The Morgan fingerprint density at radius 1 is 0.607 bits per heavy atom. The molecule has 1 unspecified atom stereocenters. The van der Waals surface area contributed by atoms with Gasteiger partial charge in [0, 0.05) is 6.42 Å². The van der Waals surface area contributed by atoms with E-state index in [0.29, 0.717) is 12.3 Å². The second kappa shape index (κ2) is 19.3. The average Bonchev–Trinajstić information content (AvgIpc) is 2.66. The van der Waals surface area contributed by atoms with E-state index in [9.17, 15) is 10.2 Å². The van der Waals surface area contributed by atoms with Crippen molar-refractivity contribution in [3.8, 4) is 0 Å². The molecule has 0 spiro atoms. The summed E-state index contributed by atoms with van der Waals surface area (Å²) in [6, 6.07) is 0. The number of rotatable bonds is 21. The highest BCUT2D eigenvalue weighted by atomic mass is 31.1. The zero-order chi connectivity index (χ0) is 21.1. The smallest absolute Gasteiger partial charge is 0.181 e. The minimum Gasteiger partial charge on any atom is -0.362 e. The van der Waals surface area contributed by atoms with Crippen LogP contribution in [0.1, 0.15) is 137 Å². The Balaban J connectivity index is 3.44. The maximum atomic E-state index is 10.2. The number of aliphatic hydroxyl groups is 2. The molecule has 0 radical (unpaired) electrons. The van der Waals surface area contributed by atoms with Crippen LogP contribution in [-0.4, -0.2) is 28.1 Å². The molecule has 0 aromatic carbocycles. The fourth-order valence-corrected chi connectivity index (χ4v) is 6.70. The molecule has 0 aromatic heterocycles. The van der Waals surface area contributed by atoms with Crippen LogP contribution in [0, 0.1) is 5.92 Å². The molecule has 0 saturated heterocycles. The fraction of sp³-hybridized carbons (Fsp3) is 1.00. The highest BCUT2D eigenvalue weighted by molar-refractivity contribution is 7.58. The quantitative estimate of drug-likeness (QED) is 0.112. The van der Waals surface area contributed by atoms with Gasteiger partial charge in [-0.2, -0.15) is 0 Å². The van der Waals surface area contributed by atoms with Gasteiger partial charge >= 0.3 is 0 Å². The van der Waals surface area contributed by atoms with Crippen molar-refractivity contribution in [2.75, 3.05) is 12.3 Å². The molecule has 0 aliphatic rings. The highest BCUT2D eigenvalue weighted by Gasteiger charge is 2.31. The summed E-state index contributed by atoms with van der Waals surface area (Å²) in [5, 5.41) is 20.5. The second-order valence-electron chi connectivity index (χ2n) is 9.27. The lowest BCUT2D eigenvalue weighted by molar-refractivity contribution is -0.0843. The van der Waals surface area contributed by atoms with E-state index in [1.807, 2.05) is 6.92 Å². The molecule has 0 fully saturated rings. The van der Waals surface area contributed by atoms with E-state index < -0.39 is 13.4 Å². The lowest BCUT2D eigenvalue weighted by atomic mass is 10.0. The van der Waals surface area contributed by atoms with E-state index in [4.69, 9.17) is 0 Å². The van der Waals surface area contributed by atoms with Gasteiger partial charge in [-0.3, -0.25) is 0 Å². The van der Waals surface area contributed by atoms with Crippen molar-refractivity contribution in [3.05, 3.63) is 0 Å². The molecule has 0 aliphatic heterocycles. The van der Waals surface area contributed by atoms with Gasteiger partial charge in [0.2, 0.25) is 0 Å². The van der Waals surface area contributed by atoms with Gasteiger partial charge in [0.15, 0.2) is 5.53 Å². The Morgan fingerprint density at radius 2 is 0.964 bits per heavy atom. The minimum absolute atomic E-state index is 0.463. The maximum absolute atomic E-state index is 10.2. The number of hydrogen-bond acceptors (Lipinski definition) is 2. The van der Waals surface area contributed by atoms with Gasteiger partial charge in [0.05, 0.1) is 0 Å². The first-order chi connectivity index (χ1) is 13.4. The van der Waals surface area contributed by atoms with E-state index in [1.165, 1.54) is 103 Å². The Bertz CT molecular complexity index is 318. The number of unbranched alkanes of at least 4 members (excludes halogenated alkanes) is 15. The molecule has 0 saturated carbocycles. The molecular formula is C25H53O2P. The van der Waals surface area contributed by atoms with Crippen LogP contribution < -0.4 is 0 Å². The summed E-state index contributed by atoms with van der Waals surface area (Å²) in [5.41, 5.74) is -1.41. The highest BCUT2D eigenvalue weighted by Crippen LogP contribution is 2.50. The summed E-state index contributed by atoms with van der Waals surface area (Å²) in [6.45, 7) is 8.56. The van der Waals surface area contributed by atoms with Crippen molar-refractivity contribution < 1.29 is 10.2 Å². The fourth-order valence-electron chi connectivity index (χ4n) is 3.93. The zero-order valence-corrected chi connectivity index (χ0v) is 20.7. The largest absolute Gasteiger partial charge is 0.362 e. The molecule has 0 bridgehead atoms. The molecule has 2 nitrogen and oxygen atoms in total. The zero-order valence-electron chi connectivity index (χ0n) is 19.9. The van der Waals surface area contributed by atoms with Crippen LogP contribution in [0.3, 0.4) is 0 Å². The van der Waals surface area contributed by atoms with Crippen molar-refractivity contribution >= 4 is 7.92 Å². The summed E-state index contributed by atoms with van der Waals surface area (Å²) in [4.78, 5) is 0. The van der Waals surface area contributed by atoms with Gasteiger partial charge in [0.1, 0.15) is 0 Å². The van der Waals surface area contributed by atoms with Gasteiger partial charge in [-0.05, 0) is 32.6 Å². The third-order valence-electron chi connectivity index (χ3n) is 5.85. The molecule has 0 aromatic rings. The third-order valence-corrected chi connectivity index (χ3v) is 9.20.